The van der Waals surface area contributed by atoms with E-state index in [4.69, 9.17) is 10.1 Å². The summed E-state index contributed by atoms with van der Waals surface area (Å²) in [5.74, 6) is 0. The van der Waals surface area contributed by atoms with Crippen LogP contribution in [0.1, 0.15) is 20.8 Å². The molecule has 0 spiro atoms. The monoisotopic (exact) mass is 142 g/mol. The molecule has 2 atom stereocenters. The summed E-state index contributed by atoms with van der Waals surface area (Å²) in [6.07, 6.45) is 0. The molecule has 0 aromatic rings. The summed E-state index contributed by atoms with van der Waals surface area (Å²) in [5.41, 5.74) is 0. The summed E-state index contributed by atoms with van der Waals surface area (Å²) in [6.45, 7) is 6.68. The van der Waals surface area contributed by atoms with Gasteiger partial charge in [-0.25, -0.2) is 0 Å². The first-order valence-corrected chi connectivity index (χ1v) is 3.68. The van der Waals surface area contributed by atoms with E-state index in [-0.39, 0.29) is 0 Å². The Morgan fingerprint density at radius 1 is 1.50 bits per heavy atom. The van der Waals surface area contributed by atoms with Crippen molar-refractivity contribution in [2.45, 2.75) is 32.9 Å². The van der Waals surface area contributed by atoms with Crippen LogP contribution in [0.2, 0.25) is 0 Å². The summed E-state index contributed by atoms with van der Waals surface area (Å²) in [5, 5.41) is 7.37. The molecule has 1 saturated heterocycles. The molecule has 1 aliphatic rings. The van der Waals surface area contributed by atoms with E-state index in [1.807, 2.05) is 11.8 Å². The minimum atomic E-state index is 0.322. The van der Waals surface area contributed by atoms with Gasteiger partial charge in [-0.2, -0.15) is 0 Å². The maximum absolute atomic E-state index is 7.37. The lowest BCUT2D eigenvalue weighted by atomic mass is 10.4. The molecule has 10 heavy (non-hydrogen) atoms. The molecule has 58 valence electrons. The predicted octanol–water partition coefficient (Wildman–Crippen LogP) is 1.05. The Morgan fingerprint density at radius 2 is 2.00 bits per heavy atom. The van der Waals surface area contributed by atoms with Crippen LogP contribution in [0.5, 0.6) is 0 Å². The third kappa shape index (κ3) is 1.08. The van der Waals surface area contributed by atoms with Crippen molar-refractivity contribution in [1.29, 1.82) is 5.41 Å². The average molecular weight is 142 g/mol. The number of nitrogens with zero attached hydrogens (tertiary/aromatic N) is 1. The molecule has 0 bridgehead atoms. The van der Waals surface area contributed by atoms with E-state index in [2.05, 4.69) is 13.8 Å². The highest BCUT2D eigenvalue weighted by Gasteiger charge is 2.42. The maximum atomic E-state index is 7.37. The van der Waals surface area contributed by atoms with Gasteiger partial charge in [-0.05, 0) is 20.8 Å². The Balaban J connectivity index is 2.31. The normalized spacial score (nSPS) is 30.1. The van der Waals surface area contributed by atoms with Gasteiger partial charge in [0.25, 0.3) is 6.02 Å². The summed E-state index contributed by atoms with van der Waals surface area (Å²) in [6, 6.07) is 1.32. The third-order valence-corrected chi connectivity index (χ3v) is 2.00. The van der Waals surface area contributed by atoms with E-state index in [0.29, 0.717) is 24.7 Å². The largest absolute Gasteiger partial charge is 0.466 e. The highest BCUT2D eigenvalue weighted by molar-refractivity contribution is 5.74. The fraction of sp³-hybridized carbons (Fsp3) is 0.857. The van der Waals surface area contributed by atoms with Gasteiger partial charge in [-0.3, -0.25) is 5.41 Å². The summed E-state index contributed by atoms with van der Waals surface area (Å²) >= 11 is 0. The maximum Gasteiger partial charge on any atom is 0.285 e. The molecule has 1 heterocycles. The SMILES string of the molecule is CCOC(=N)N1C(C)C1C. The molecule has 0 amide bonds. The van der Waals surface area contributed by atoms with Crippen molar-refractivity contribution in [3.63, 3.8) is 0 Å². The van der Waals surface area contributed by atoms with Crippen molar-refractivity contribution in [1.82, 2.24) is 4.90 Å². The second kappa shape index (κ2) is 2.48. The van der Waals surface area contributed by atoms with Crippen molar-refractivity contribution in [3.8, 4) is 0 Å². The number of rotatable bonds is 1. The quantitative estimate of drug-likeness (QED) is 0.337. The summed E-state index contributed by atoms with van der Waals surface area (Å²) < 4.78 is 5.02. The summed E-state index contributed by atoms with van der Waals surface area (Å²) in [7, 11) is 0. The van der Waals surface area contributed by atoms with E-state index in [0.717, 1.165) is 0 Å². The molecule has 3 nitrogen and oxygen atoms in total. The zero-order valence-electron chi connectivity index (χ0n) is 6.72. The second-order valence-corrected chi connectivity index (χ2v) is 2.63. The van der Waals surface area contributed by atoms with Gasteiger partial charge in [-0.1, -0.05) is 0 Å². The fourth-order valence-electron chi connectivity index (χ4n) is 1.08. The molecule has 1 aliphatic heterocycles. The van der Waals surface area contributed by atoms with Crippen LogP contribution in [-0.4, -0.2) is 29.6 Å². The molecule has 0 aromatic carbocycles. The first-order valence-electron chi connectivity index (χ1n) is 3.68. The first-order chi connectivity index (χ1) is 4.68. The average Bonchev–Trinajstić information content (AvgIpc) is 2.42. The molecule has 1 N–H and O–H groups in total. The van der Waals surface area contributed by atoms with Gasteiger partial charge in [0.15, 0.2) is 0 Å². The number of ether oxygens (including phenoxy) is 1. The van der Waals surface area contributed by atoms with Crippen LogP contribution >= 0.6 is 0 Å². The van der Waals surface area contributed by atoms with Crippen molar-refractivity contribution >= 4 is 6.02 Å². The molecule has 1 rings (SSSR count). The van der Waals surface area contributed by atoms with Gasteiger partial charge in [0.2, 0.25) is 0 Å². The fourth-order valence-corrected chi connectivity index (χ4v) is 1.08. The van der Waals surface area contributed by atoms with E-state index in [1.54, 1.807) is 0 Å². The van der Waals surface area contributed by atoms with Crippen LogP contribution < -0.4 is 0 Å². The molecule has 0 radical (unpaired) electrons. The molecular weight excluding hydrogens is 128 g/mol. The van der Waals surface area contributed by atoms with E-state index >= 15 is 0 Å². The van der Waals surface area contributed by atoms with Crippen LogP contribution in [0.15, 0.2) is 0 Å². The van der Waals surface area contributed by atoms with Crippen molar-refractivity contribution in [2.24, 2.45) is 0 Å². The smallest absolute Gasteiger partial charge is 0.285 e. The number of nitrogens with one attached hydrogen (secondary N) is 1. The lowest BCUT2D eigenvalue weighted by Crippen LogP contribution is -2.16. The Hall–Kier alpha value is -0.730. The zero-order chi connectivity index (χ0) is 7.72. The van der Waals surface area contributed by atoms with Crippen LogP contribution in [0.25, 0.3) is 0 Å². The van der Waals surface area contributed by atoms with Crippen molar-refractivity contribution in [3.05, 3.63) is 0 Å². The number of amidine groups is 1. The topological polar surface area (TPSA) is 36.1 Å². The molecule has 0 aromatic heterocycles. The molecule has 0 aliphatic carbocycles. The van der Waals surface area contributed by atoms with Gasteiger partial charge in [0.05, 0.1) is 18.7 Å². The van der Waals surface area contributed by atoms with Crippen LogP contribution in [0, 0.1) is 5.41 Å². The molecule has 2 unspecified atom stereocenters. The molecule has 0 saturated carbocycles. The Bertz CT molecular complexity index is 139. The van der Waals surface area contributed by atoms with Crippen molar-refractivity contribution in [2.75, 3.05) is 6.61 Å². The van der Waals surface area contributed by atoms with Crippen LogP contribution in [-0.2, 0) is 4.74 Å². The number of hydrogen-bond acceptors (Lipinski definition) is 2. The highest BCUT2D eigenvalue weighted by atomic mass is 16.5. The zero-order valence-corrected chi connectivity index (χ0v) is 6.72. The second-order valence-electron chi connectivity index (χ2n) is 2.63. The number of hydrogen-bond donors (Lipinski definition) is 1. The van der Waals surface area contributed by atoms with Gasteiger partial charge in [0, 0.05) is 0 Å². The Morgan fingerprint density at radius 3 is 2.30 bits per heavy atom. The standard InChI is InChI=1S/C7H14N2O/c1-4-10-7(8)9-5(2)6(9)3/h5-6,8H,4H2,1-3H3. The van der Waals surface area contributed by atoms with Crippen LogP contribution in [0.3, 0.4) is 0 Å². The lowest BCUT2D eigenvalue weighted by Gasteiger charge is -2.05. The van der Waals surface area contributed by atoms with Gasteiger partial charge < -0.3 is 9.64 Å². The highest BCUT2D eigenvalue weighted by Crippen LogP contribution is 2.26. The molecule has 1 fully saturated rings. The minimum Gasteiger partial charge on any atom is -0.466 e. The van der Waals surface area contributed by atoms with E-state index < -0.39 is 0 Å². The van der Waals surface area contributed by atoms with E-state index in [1.165, 1.54) is 0 Å². The van der Waals surface area contributed by atoms with Gasteiger partial charge >= 0.3 is 0 Å². The minimum absolute atomic E-state index is 0.322. The van der Waals surface area contributed by atoms with Crippen LogP contribution in [0.4, 0.5) is 0 Å². The Labute approximate surface area is 61.5 Å². The molecular formula is C7H14N2O. The predicted molar refractivity (Wildman–Crippen MR) is 40.1 cm³/mol. The first kappa shape index (κ1) is 7.38. The van der Waals surface area contributed by atoms with E-state index in [9.17, 15) is 0 Å². The summed E-state index contributed by atoms with van der Waals surface area (Å²) in [4.78, 5) is 1.95. The van der Waals surface area contributed by atoms with Crippen molar-refractivity contribution < 1.29 is 4.74 Å². The third-order valence-electron chi connectivity index (χ3n) is 2.00. The lowest BCUT2D eigenvalue weighted by molar-refractivity contribution is 0.284. The van der Waals surface area contributed by atoms with Gasteiger partial charge in [-0.15, -0.1) is 0 Å². The van der Waals surface area contributed by atoms with Gasteiger partial charge in [0.1, 0.15) is 0 Å². The molecule has 3 heteroatoms. The Kier molecular flexibility index (Phi) is 1.83.